The third-order valence-corrected chi connectivity index (χ3v) is 2.41. The SMILES string of the molecule is CN1CC[C@@](C)(N=O)C(O)C1. The van der Waals surface area contributed by atoms with Crippen LogP contribution >= 0.6 is 0 Å². The van der Waals surface area contributed by atoms with E-state index in [4.69, 9.17) is 0 Å². The van der Waals surface area contributed by atoms with Crippen molar-refractivity contribution in [2.45, 2.75) is 25.0 Å². The Hall–Kier alpha value is -0.480. The van der Waals surface area contributed by atoms with E-state index in [1.807, 2.05) is 11.9 Å². The Kier molecular flexibility index (Phi) is 2.25. The summed E-state index contributed by atoms with van der Waals surface area (Å²) in [5.74, 6) is 0. The van der Waals surface area contributed by atoms with Crippen LogP contribution in [0.1, 0.15) is 13.3 Å². The van der Waals surface area contributed by atoms with Crippen molar-refractivity contribution < 1.29 is 5.11 Å². The molecule has 4 nitrogen and oxygen atoms in total. The smallest absolute Gasteiger partial charge is 0.128 e. The van der Waals surface area contributed by atoms with Gasteiger partial charge in [0.1, 0.15) is 5.54 Å². The average molecular weight is 158 g/mol. The first-order valence-corrected chi connectivity index (χ1v) is 3.79. The first-order chi connectivity index (χ1) is 5.08. The molecule has 1 heterocycles. The van der Waals surface area contributed by atoms with Crippen molar-refractivity contribution in [3.63, 3.8) is 0 Å². The van der Waals surface area contributed by atoms with E-state index in [0.717, 1.165) is 6.54 Å². The molecule has 0 aromatic heterocycles. The molecule has 1 rings (SSSR count). The fraction of sp³-hybridized carbons (Fsp3) is 1.00. The lowest BCUT2D eigenvalue weighted by atomic mass is 9.88. The van der Waals surface area contributed by atoms with E-state index in [1.165, 1.54) is 0 Å². The lowest BCUT2D eigenvalue weighted by molar-refractivity contribution is 0.0223. The average Bonchev–Trinajstić information content (AvgIpc) is 1.98. The Bertz CT molecular complexity index is 163. The van der Waals surface area contributed by atoms with Crippen LogP contribution in [0.15, 0.2) is 5.18 Å². The van der Waals surface area contributed by atoms with E-state index < -0.39 is 11.6 Å². The molecule has 0 spiro atoms. The van der Waals surface area contributed by atoms with Gasteiger partial charge >= 0.3 is 0 Å². The molecule has 1 unspecified atom stereocenters. The third-order valence-electron chi connectivity index (χ3n) is 2.41. The van der Waals surface area contributed by atoms with Gasteiger partial charge < -0.3 is 10.0 Å². The fourth-order valence-corrected chi connectivity index (χ4v) is 1.27. The predicted molar refractivity (Wildman–Crippen MR) is 42.3 cm³/mol. The summed E-state index contributed by atoms with van der Waals surface area (Å²) in [5.41, 5.74) is -0.757. The number of rotatable bonds is 1. The summed E-state index contributed by atoms with van der Waals surface area (Å²) in [6, 6.07) is 0. The molecule has 0 radical (unpaired) electrons. The molecule has 1 saturated heterocycles. The maximum absolute atomic E-state index is 10.4. The summed E-state index contributed by atoms with van der Waals surface area (Å²) in [7, 11) is 1.92. The molecule has 0 amide bonds. The summed E-state index contributed by atoms with van der Waals surface area (Å²) in [6.45, 7) is 3.08. The van der Waals surface area contributed by atoms with Crippen LogP contribution in [0.5, 0.6) is 0 Å². The molecule has 0 bridgehead atoms. The zero-order chi connectivity index (χ0) is 8.48. The number of nitroso groups, excluding NO2 is 1. The molecular formula is C7H14N2O2. The first kappa shape index (κ1) is 8.62. The molecular weight excluding hydrogens is 144 g/mol. The van der Waals surface area contributed by atoms with Crippen molar-refractivity contribution in [2.75, 3.05) is 20.1 Å². The quantitative estimate of drug-likeness (QED) is 0.555. The lowest BCUT2D eigenvalue weighted by Crippen LogP contribution is -2.51. The number of aliphatic hydroxyl groups excluding tert-OH is 1. The number of likely N-dealkylation sites (N-methyl/N-ethyl adjacent to an activating group) is 1. The zero-order valence-electron chi connectivity index (χ0n) is 6.95. The van der Waals surface area contributed by atoms with Crippen LogP contribution < -0.4 is 0 Å². The van der Waals surface area contributed by atoms with Gasteiger partial charge in [0.05, 0.1) is 6.10 Å². The highest BCUT2D eigenvalue weighted by Gasteiger charge is 2.38. The van der Waals surface area contributed by atoms with Crippen molar-refractivity contribution in [3.8, 4) is 0 Å². The highest BCUT2D eigenvalue weighted by Crippen LogP contribution is 2.24. The Morgan fingerprint density at radius 3 is 2.82 bits per heavy atom. The minimum absolute atomic E-state index is 0.544. The van der Waals surface area contributed by atoms with Gasteiger partial charge in [-0.05, 0) is 20.4 Å². The number of hydrogen-bond donors (Lipinski definition) is 1. The van der Waals surface area contributed by atoms with Gasteiger partial charge in [-0.1, -0.05) is 5.18 Å². The number of piperidine rings is 1. The topological polar surface area (TPSA) is 52.9 Å². The molecule has 4 heteroatoms. The third kappa shape index (κ3) is 1.57. The van der Waals surface area contributed by atoms with Gasteiger partial charge in [0, 0.05) is 13.1 Å². The maximum atomic E-state index is 10.4. The molecule has 1 aliphatic heterocycles. The zero-order valence-corrected chi connectivity index (χ0v) is 6.95. The van der Waals surface area contributed by atoms with Crippen LogP contribution in [0.3, 0.4) is 0 Å². The van der Waals surface area contributed by atoms with Gasteiger partial charge in [0.25, 0.3) is 0 Å². The number of β-amino-alcohol motifs (C(OH)–C–C–N with tert-alkyl or cyclic N) is 1. The predicted octanol–water partition coefficient (Wildman–Crippen LogP) is 0.208. The summed E-state index contributed by atoms with van der Waals surface area (Å²) in [4.78, 5) is 12.4. The summed E-state index contributed by atoms with van der Waals surface area (Å²) >= 11 is 0. The van der Waals surface area contributed by atoms with E-state index in [0.29, 0.717) is 13.0 Å². The molecule has 64 valence electrons. The van der Waals surface area contributed by atoms with Crippen LogP contribution in [0.2, 0.25) is 0 Å². The summed E-state index contributed by atoms with van der Waals surface area (Å²) in [5, 5.41) is 12.4. The molecule has 1 fully saturated rings. The molecule has 0 aromatic carbocycles. The molecule has 11 heavy (non-hydrogen) atoms. The fourth-order valence-electron chi connectivity index (χ4n) is 1.27. The second kappa shape index (κ2) is 2.87. The van der Waals surface area contributed by atoms with E-state index >= 15 is 0 Å². The summed E-state index contributed by atoms with van der Waals surface area (Å²) in [6.07, 6.45) is 0.0347. The van der Waals surface area contributed by atoms with Crippen LogP contribution in [-0.2, 0) is 0 Å². The Morgan fingerprint density at radius 1 is 1.73 bits per heavy atom. The van der Waals surface area contributed by atoms with Gasteiger partial charge in [-0.15, -0.1) is 0 Å². The van der Waals surface area contributed by atoms with E-state index in [-0.39, 0.29) is 0 Å². The van der Waals surface area contributed by atoms with Crippen LogP contribution in [0.25, 0.3) is 0 Å². The van der Waals surface area contributed by atoms with Crippen molar-refractivity contribution in [1.82, 2.24) is 4.90 Å². The Balaban J connectivity index is 2.63. The highest BCUT2D eigenvalue weighted by atomic mass is 16.3. The Morgan fingerprint density at radius 2 is 2.36 bits per heavy atom. The standard InChI is InChI=1S/C7H14N2O2/c1-7(8-11)3-4-9(2)5-6(7)10/h6,10H,3-5H2,1-2H3/t6?,7-/m1/s1. The second-order valence-corrected chi connectivity index (χ2v) is 3.48. The van der Waals surface area contributed by atoms with E-state index in [2.05, 4.69) is 5.18 Å². The summed E-state index contributed by atoms with van der Waals surface area (Å²) < 4.78 is 0. The van der Waals surface area contributed by atoms with E-state index in [1.54, 1.807) is 6.92 Å². The largest absolute Gasteiger partial charge is 0.389 e. The number of likely N-dealkylation sites (tertiary alicyclic amines) is 1. The highest BCUT2D eigenvalue weighted by molar-refractivity contribution is 4.95. The first-order valence-electron chi connectivity index (χ1n) is 3.79. The van der Waals surface area contributed by atoms with Crippen molar-refractivity contribution >= 4 is 0 Å². The minimum atomic E-state index is -0.757. The van der Waals surface area contributed by atoms with Crippen molar-refractivity contribution in [3.05, 3.63) is 4.91 Å². The van der Waals surface area contributed by atoms with Crippen molar-refractivity contribution in [2.24, 2.45) is 5.18 Å². The maximum Gasteiger partial charge on any atom is 0.128 e. The molecule has 1 N–H and O–H groups in total. The monoisotopic (exact) mass is 158 g/mol. The molecule has 2 atom stereocenters. The van der Waals surface area contributed by atoms with E-state index in [9.17, 15) is 10.0 Å². The van der Waals surface area contributed by atoms with Gasteiger partial charge in [-0.3, -0.25) is 0 Å². The Labute approximate surface area is 66.2 Å². The van der Waals surface area contributed by atoms with Gasteiger partial charge in [-0.2, -0.15) is 4.91 Å². The van der Waals surface area contributed by atoms with Crippen LogP contribution in [0, 0.1) is 4.91 Å². The molecule has 0 saturated carbocycles. The number of hydrogen-bond acceptors (Lipinski definition) is 4. The number of nitrogens with zero attached hydrogens (tertiary/aromatic N) is 2. The molecule has 1 aliphatic rings. The minimum Gasteiger partial charge on any atom is -0.389 e. The lowest BCUT2D eigenvalue weighted by Gasteiger charge is -2.36. The van der Waals surface area contributed by atoms with Crippen LogP contribution in [-0.4, -0.2) is 41.8 Å². The van der Waals surface area contributed by atoms with Crippen LogP contribution in [0.4, 0.5) is 0 Å². The number of aliphatic hydroxyl groups is 1. The molecule has 0 aliphatic carbocycles. The normalized spacial score (nSPS) is 40.5. The van der Waals surface area contributed by atoms with Crippen molar-refractivity contribution in [1.29, 1.82) is 0 Å². The second-order valence-electron chi connectivity index (χ2n) is 3.48. The van der Waals surface area contributed by atoms with Gasteiger partial charge in [-0.25, -0.2) is 0 Å². The van der Waals surface area contributed by atoms with Gasteiger partial charge in [0.2, 0.25) is 0 Å². The molecule has 0 aromatic rings. The van der Waals surface area contributed by atoms with Gasteiger partial charge in [0.15, 0.2) is 0 Å².